The van der Waals surface area contributed by atoms with E-state index in [9.17, 15) is 18.0 Å². The number of ether oxygens (including phenoxy) is 1. The Morgan fingerprint density at radius 1 is 0.848 bits per heavy atom. The number of benzene rings is 3. The number of hydrogen-bond donors (Lipinski definition) is 0. The van der Waals surface area contributed by atoms with E-state index in [1.807, 2.05) is 32.0 Å². The Morgan fingerprint density at radius 3 is 2.00 bits per heavy atom. The molecule has 3 aromatic carbocycles. The molecule has 3 rings (SSSR count). The van der Waals surface area contributed by atoms with Gasteiger partial charge in [-0.25, -0.2) is 13.2 Å². The SMILES string of the molecule is CC(C)N(C(=O)COC(=O)c1cccc(S(=O)(=O)N(C)c2ccccc2)c1)c1ccccc1. The zero-order valence-electron chi connectivity index (χ0n) is 18.7. The number of sulfonamides is 1. The van der Waals surface area contributed by atoms with E-state index in [1.165, 1.54) is 31.3 Å². The lowest BCUT2D eigenvalue weighted by Gasteiger charge is -2.26. The highest BCUT2D eigenvalue weighted by atomic mass is 32.2. The smallest absolute Gasteiger partial charge is 0.338 e. The van der Waals surface area contributed by atoms with Crippen molar-refractivity contribution in [2.75, 3.05) is 22.9 Å². The Balaban J connectivity index is 1.74. The standard InChI is InChI=1S/C25H26N2O5S/c1-19(2)27(22-14-8-5-9-15-22)24(28)18-32-25(29)20-11-10-16-23(17-20)33(30,31)26(3)21-12-6-4-7-13-21/h4-17,19H,18H2,1-3H3. The Kier molecular flexibility index (Phi) is 7.50. The first-order valence-electron chi connectivity index (χ1n) is 10.4. The molecule has 0 heterocycles. The first kappa shape index (κ1) is 24.0. The van der Waals surface area contributed by atoms with Crippen LogP contribution in [-0.2, 0) is 19.6 Å². The fourth-order valence-electron chi connectivity index (χ4n) is 3.32. The van der Waals surface area contributed by atoms with Gasteiger partial charge in [0.25, 0.3) is 15.9 Å². The highest BCUT2D eigenvalue weighted by molar-refractivity contribution is 7.92. The third kappa shape index (κ3) is 5.59. The molecule has 7 nitrogen and oxygen atoms in total. The van der Waals surface area contributed by atoms with Crippen LogP contribution in [0.2, 0.25) is 0 Å². The molecule has 0 bridgehead atoms. The minimum Gasteiger partial charge on any atom is -0.452 e. The predicted octanol–water partition coefficient (Wildman–Crippen LogP) is 4.11. The second-order valence-corrected chi connectivity index (χ2v) is 9.57. The van der Waals surface area contributed by atoms with E-state index < -0.39 is 22.6 Å². The maximum absolute atomic E-state index is 13.0. The lowest BCUT2D eigenvalue weighted by Crippen LogP contribution is -2.39. The van der Waals surface area contributed by atoms with E-state index in [2.05, 4.69) is 0 Å². The molecule has 0 unspecified atom stereocenters. The summed E-state index contributed by atoms with van der Waals surface area (Å²) in [5.74, 6) is -1.16. The molecule has 0 saturated heterocycles. The average Bonchev–Trinajstić information content (AvgIpc) is 2.83. The van der Waals surface area contributed by atoms with Gasteiger partial charge in [0.15, 0.2) is 6.61 Å². The monoisotopic (exact) mass is 466 g/mol. The lowest BCUT2D eigenvalue weighted by atomic mass is 10.2. The molecule has 0 spiro atoms. The maximum Gasteiger partial charge on any atom is 0.338 e. The van der Waals surface area contributed by atoms with Crippen LogP contribution < -0.4 is 9.21 Å². The third-order valence-corrected chi connectivity index (χ3v) is 6.78. The van der Waals surface area contributed by atoms with Crippen LogP contribution in [0.5, 0.6) is 0 Å². The number of anilines is 2. The van der Waals surface area contributed by atoms with E-state index in [-0.39, 0.29) is 22.4 Å². The molecule has 0 saturated carbocycles. The summed E-state index contributed by atoms with van der Waals surface area (Å²) in [6.45, 7) is 3.27. The van der Waals surface area contributed by atoms with Crippen LogP contribution in [-0.4, -0.2) is 40.0 Å². The van der Waals surface area contributed by atoms with Crippen LogP contribution in [0.15, 0.2) is 89.8 Å². The summed E-state index contributed by atoms with van der Waals surface area (Å²) < 4.78 is 32.4. The summed E-state index contributed by atoms with van der Waals surface area (Å²) in [6, 6.07) is 23.2. The largest absolute Gasteiger partial charge is 0.452 e. The Bertz CT molecular complexity index is 1210. The van der Waals surface area contributed by atoms with Gasteiger partial charge in [0.1, 0.15) is 0 Å². The van der Waals surface area contributed by atoms with E-state index >= 15 is 0 Å². The van der Waals surface area contributed by atoms with Crippen LogP contribution in [0.3, 0.4) is 0 Å². The van der Waals surface area contributed by atoms with Crippen molar-refractivity contribution in [2.45, 2.75) is 24.8 Å². The number of carbonyl (C=O) groups is 2. The topological polar surface area (TPSA) is 84.0 Å². The molecule has 8 heteroatoms. The molecular weight excluding hydrogens is 440 g/mol. The minimum absolute atomic E-state index is 0.0427. The van der Waals surface area contributed by atoms with Gasteiger partial charge in [0.2, 0.25) is 0 Å². The fourth-order valence-corrected chi connectivity index (χ4v) is 4.56. The number of nitrogens with zero attached hydrogens (tertiary/aromatic N) is 2. The molecule has 33 heavy (non-hydrogen) atoms. The summed E-state index contributed by atoms with van der Waals surface area (Å²) in [6.07, 6.45) is 0. The molecule has 0 fully saturated rings. The van der Waals surface area contributed by atoms with Gasteiger partial charge >= 0.3 is 5.97 Å². The van der Waals surface area contributed by atoms with Gasteiger partial charge in [-0.2, -0.15) is 0 Å². The van der Waals surface area contributed by atoms with Crippen LogP contribution >= 0.6 is 0 Å². The van der Waals surface area contributed by atoms with Crippen molar-refractivity contribution in [2.24, 2.45) is 0 Å². The van der Waals surface area contributed by atoms with E-state index in [0.717, 1.165) is 4.31 Å². The maximum atomic E-state index is 13.0. The van der Waals surface area contributed by atoms with Crippen molar-refractivity contribution in [3.05, 3.63) is 90.5 Å². The minimum atomic E-state index is -3.89. The number of amides is 1. The third-order valence-electron chi connectivity index (χ3n) is 4.99. The van der Waals surface area contributed by atoms with Crippen LogP contribution in [0.4, 0.5) is 11.4 Å². The van der Waals surface area contributed by atoms with Crippen molar-refractivity contribution in [1.82, 2.24) is 0 Å². The summed E-state index contributed by atoms with van der Waals surface area (Å²) in [5, 5.41) is 0. The molecule has 0 radical (unpaired) electrons. The van der Waals surface area contributed by atoms with Crippen molar-refractivity contribution in [1.29, 1.82) is 0 Å². The summed E-state index contributed by atoms with van der Waals surface area (Å²) in [5.41, 5.74) is 1.23. The number of hydrogen-bond acceptors (Lipinski definition) is 5. The van der Waals surface area contributed by atoms with Crippen LogP contribution in [0.25, 0.3) is 0 Å². The van der Waals surface area contributed by atoms with Crippen molar-refractivity contribution >= 4 is 33.3 Å². The van der Waals surface area contributed by atoms with E-state index in [0.29, 0.717) is 11.4 Å². The number of carbonyl (C=O) groups excluding carboxylic acids is 2. The molecule has 0 atom stereocenters. The van der Waals surface area contributed by atoms with Crippen molar-refractivity contribution in [3.63, 3.8) is 0 Å². The lowest BCUT2D eigenvalue weighted by molar-refractivity contribution is -0.122. The van der Waals surface area contributed by atoms with Gasteiger partial charge in [-0.05, 0) is 56.3 Å². The number of para-hydroxylation sites is 2. The van der Waals surface area contributed by atoms with E-state index in [4.69, 9.17) is 4.74 Å². The molecule has 3 aromatic rings. The zero-order chi connectivity index (χ0) is 24.0. The quantitative estimate of drug-likeness (QED) is 0.467. The predicted molar refractivity (Wildman–Crippen MR) is 128 cm³/mol. The molecule has 172 valence electrons. The number of rotatable bonds is 8. The van der Waals surface area contributed by atoms with Crippen LogP contribution in [0, 0.1) is 0 Å². The molecular formula is C25H26N2O5S. The van der Waals surface area contributed by atoms with Gasteiger partial charge in [0, 0.05) is 18.8 Å². The van der Waals surface area contributed by atoms with E-state index in [1.54, 1.807) is 47.4 Å². The van der Waals surface area contributed by atoms with Gasteiger partial charge in [-0.1, -0.05) is 42.5 Å². The van der Waals surface area contributed by atoms with Crippen molar-refractivity contribution in [3.8, 4) is 0 Å². The molecule has 0 aliphatic carbocycles. The van der Waals surface area contributed by atoms with Crippen molar-refractivity contribution < 1.29 is 22.7 Å². The van der Waals surface area contributed by atoms with Gasteiger partial charge in [0.05, 0.1) is 16.1 Å². The Labute approximate surface area is 194 Å². The number of esters is 1. The molecule has 0 N–H and O–H groups in total. The Morgan fingerprint density at radius 2 is 1.42 bits per heavy atom. The molecule has 0 aliphatic rings. The second-order valence-electron chi connectivity index (χ2n) is 7.61. The summed E-state index contributed by atoms with van der Waals surface area (Å²) in [7, 11) is -2.45. The summed E-state index contributed by atoms with van der Waals surface area (Å²) in [4.78, 5) is 26.8. The van der Waals surface area contributed by atoms with Crippen LogP contribution in [0.1, 0.15) is 24.2 Å². The molecule has 0 aliphatic heterocycles. The first-order chi connectivity index (χ1) is 15.7. The normalized spacial score (nSPS) is 11.2. The molecule has 0 aromatic heterocycles. The highest BCUT2D eigenvalue weighted by Gasteiger charge is 2.24. The van der Waals surface area contributed by atoms with Gasteiger partial charge < -0.3 is 9.64 Å². The zero-order valence-corrected chi connectivity index (χ0v) is 19.5. The molecule has 1 amide bonds. The summed E-state index contributed by atoms with van der Waals surface area (Å²) >= 11 is 0. The first-order valence-corrected chi connectivity index (χ1v) is 11.8. The highest BCUT2D eigenvalue weighted by Crippen LogP contribution is 2.23. The Hall–Kier alpha value is -3.65. The second kappa shape index (κ2) is 10.3. The average molecular weight is 467 g/mol. The van der Waals surface area contributed by atoms with Gasteiger partial charge in [-0.15, -0.1) is 0 Å². The fraction of sp³-hybridized carbons (Fsp3) is 0.200. The van der Waals surface area contributed by atoms with Gasteiger partial charge in [-0.3, -0.25) is 9.10 Å².